The molecule has 0 aliphatic carbocycles. The Morgan fingerprint density at radius 1 is 1.46 bits per heavy atom. The molecule has 1 rings (SSSR count). The van der Waals surface area contributed by atoms with E-state index in [1.165, 1.54) is 0 Å². The molecule has 0 atom stereocenters. The van der Waals surface area contributed by atoms with Crippen LogP contribution in [0.15, 0.2) is 12.1 Å². The molecule has 0 bridgehead atoms. The highest BCUT2D eigenvalue weighted by atomic mass is 35.5. The zero-order valence-electron chi connectivity index (χ0n) is 8.15. The average molecular weight is 200 g/mol. The van der Waals surface area contributed by atoms with Gasteiger partial charge in [-0.1, -0.05) is 11.6 Å². The van der Waals surface area contributed by atoms with Gasteiger partial charge in [-0.05, 0) is 31.5 Å². The van der Waals surface area contributed by atoms with Crippen LogP contribution in [-0.4, -0.2) is 13.7 Å². The van der Waals surface area contributed by atoms with Crippen LogP contribution >= 0.6 is 11.6 Å². The first-order valence-electron chi connectivity index (χ1n) is 4.27. The largest absolute Gasteiger partial charge is 0.495 e. The first-order valence-corrected chi connectivity index (χ1v) is 4.64. The van der Waals surface area contributed by atoms with Crippen molar-refractivity contribution < 1.29 is 4.74 Å². The number of nitrogens with one attached hydrogen (secondary N) is 1. The van der Waals surface area contributed by atoms with Gasteiger partial charge < -0.3 is 10.1 Å². The summed E-state index contributed by atoms with van der Waals surface area (Å²) < 4.78 is 5.10. The van der Waals surface area contributed by atoms with E-state index in [1.54, 1.807) is 7.11 Å². The molecule has 0 heterocycles. The third kappa shape index (κ3) is 2.28. The van der Waals surface area contributed by atoms with Crippen molar-refractivity contribution in [2.24, 2.45) is 0 Å². The van der Waals surface area contributed by atoms with E-state index >= 15 is 0 Å². The number of aryl methyl sites for hydroxylation is 1. The van der Waals surface area contributed by atoms with Crippen LogP contribution < -0.4 is 10.1 Å². The van der Waals surface area contributed by atoms with E-state index in [9.17, 15) is 0 Å². The van der Waals surface area contributed by atoms with Crippen LogP contribution in [0.1, 0.15) is 12.5 Å². The molecule has 1 aromatic rings. The third-order valence-electron chi connectivity index (χ3n) is 1.87. The summed E-state index contributed by atoms with van der Waals surface area (Å²) in [6, 6.07) is 3.82. The number of anilines is 1. The Balaban J connectivity index is 3.05. The second kappa shape index (κ2) is 4.38. The van der Waals surface area contributed by atoms with Crippen molar-refractivity contribution in [3.63, 3.8) is 0 Å². The number of halogens is 1. The lowest BCUT2D eigenvalue weighted by Crippen LogP contribution is -1.99. The molecule has 0 amide bonds. The lowest BCUT2D eigenvalue weighted by molar-refractivity contribution is 0.415. The number of hydrogen-bond donors (Lipinski definition) is 1. The second-order valence-electron chi connectivity index (χ2n) is 2.83. The van der Waals surface area contributed by atoms with Gasteiger partial charge in [-0.3, -0.25) is 0 Å². The molecule has 0 aliphatic heterocycles. The standard InChI is InChI=1S/C10H14ClNO/c1-4-12-9-6-8(11)10(13-3)5-7(9)2/h5-6,12H,4H2,1-3H3. The lowest BCUT2D eigenvalue weighted by atomic mass is 10.2. The normalized spacial score (nSPS) is 9.85. The van der Waals surface area contributed by atoms with Crippen LogP contribution in [0, 0.1) is 6.92 Å². The minimum absolute atomic E-state index is 0.643. The summed E-state index contributed by atoms with van der Waals surface area (Å²) in [7, 11) is 1.62. The molecule has 0 aliphatic rings. The molecule has 13 heavy (non-hydrogen) atoms. The van der Waals surface area contributed by atoms with Gasteiger partial charge in [0.25, 0.3) is 0 Å². The van der Waals surface area contributed by atoms with E-state index in [0.29, 0.717) is 5.02 Å². The molecule has 72 valence electrons. The summed E-state index contributed by atoms with van der Waals surface area (Å²) in [6.45, 7) is 4.97. The van der Waals surface area contributed by atoms with E-state index < -0.39 is 0 Å². The summed E-state index contributed by atoms with van der Waals surface area (Å²) in [5.41, 5.74) is 2.21. The van der Waals surface area contributed by atoms with Gasteiger partial charge in [-0.25, -0.2) is 0 Å². The quantitative estimate of drug-likeness (QED) is 0.808. The highest BCUT2D eigenvalue weighted by Crippen LogP contribution is 2.30. The maximum atomic E-state index is 5.97. The van der Waals surface area contributed by atoms with Gasteiger partial charge in [0.2, 0.25) is 0 Å². The molecule has 1 N–H and O–H groups in total. The SMILES string of the molecule is CCNc1cc(Cl)c(OC)cc1C. The van der Waals surface area contributed by atoms with E-state index in [1.807, 2.05) is 19.1 Å². The highest BCUT2D eigenvalue weighted by Gasteiger charge is 2.04. The van der Waals surface area contributed by atoms with Crippen molar-refractivity contribution in [1.29, 1.82) is 0 Å². The Hall–Kier alpha value is -0.890. The average Bonchev–Trinajstić information content (AvgIpc) is 2.11. The number of ether oxygens (including phenoxy) is 1. The van der Waals surface area contributed by atoms with Gasteiger partial charge >= 0.3 is 0 Å². The number of rotatable bonds is 3. The minimum atomic E-state index is 0.643. The zero-order valence-corrected chi connectivity index (χ0v) is 8.90. The smallest absolute Gasteiger partial charge is 0.137 e. The summed E-state index contributed by atoms with van der Waals surface area (Å²) in [4.78, 5) is 0. The lowest BCUT2D eigenvalue weighted by Gasteiger charge is -2.10. The molecule has 1 aromatic carbocycles. The van der Waals surface area contributed by atoms with E-state index in [-0.39, 0.29) is 0 Å². The minimum Gasteiger partial charge on any atom is -0.495 e. The molecule has 2 nitrogen and oxygen atoms in total. The van der Waals surface area contributed by atoms with Crippen molar-refractivity contribution in [1.82, 2.24) is 0 Å². The molecule has 0 spiro atoms. The molecule has 0 unspecified atom stereocenters. The van der Waals surface area contributed by atoms with Gasteiger partial charge in [0, 0.05) is 12.2 Å². The van der Waals surface area contributed by atoms with Gasteiger partial charge in [0.1, 0.15) is 5.75 Å². The third-order valence-corrected chi connectivity index (χ3v) is 2.16. The van der Waals surface area contributed by atoms with E-state index in [2.05, 4.69) is 12.2 Å². The van der Waals surface area contributed by atoms with Crippen LogP contribution in [-0.2, 0) is 0 Å². The molecular formula is C10H14ClNO. The monoisotopic (exact) mass is 199 g/mol. The maximum absolute atomic E-state index is 5.97. The topological polar surface area (TPSA) is 21.3 Å². The fourth-order valence-electron chi connectivity index (χ4n) is 1.19. The molecular weight excluding hydrogens is 186 g/mol. The summed E-state index contributed by atoms with van der Waals surface area (Å²) in [5.74, 6) is 0.723. The highest BCUT2D eigenvalue weighted by molar-refractivity contribution is 6.32. The first kappa shape index (κ1) is 10.2. The Kier molecular flexibility index (Phi) is 3.43. The Bertz CT molecular complexity index is 299. The first-order chi connectivity index (χ1) is 6.19. The van der Waals surface area contributed by atoms with Gasteiger partial charge in [0.05, 0.1) is 12.1 Å². The fourth-order valence-corrected chi connectivity index (χ4v) is 1.43. The Labute approximate surface area is 83.9 Å². The predicted molar refractivity (Wildman–Crippen MR) is 56.9 cm³/mol. The molecule has 0 radical (unpaired) electrons. The van der Waals surface area contributed by atoms with Crippen LogP contribution in [0.25, 0.3) is 0 Å². The molecule has 0 saturated carbocycles. The van der Waals surface area contributed by atoms with Crippen molar-refractivity contribution in [2.75, 3.05) is 19.0 Å². The fraction of sp³-hybridized carbons (Fsp3) is 0.400. The van der Waals surface area contributed by atoms with Crippen molar-refractivity contribution in [2.45, 2.75) is 13.8 Å². The zero-order chi connectivity index (χ0) is 9.84. The predicted octanol–water partition coefficient (Wildman–Crippen LogP) is 3.09. The second-order valence-corrected chi connectivity index (χ2v) is 3.24. The Morgan fingerprint density at radius 3 is 2.69 bits per heavy atom. The van der Waals surface area contributed by atoms with Crippen LogP contribution in [0.5, 0.6) is 5.75 Å². The number of methoxy groups -OCH3 is 1. The molecule has 0 aromatic heterocycles. The molecule has 0 fully saturated rings. The van der Waals surface area contributed by atoms with Crippen LogP contribution in [0.4, 0.5) is 5.69 Å². The number of hydrogen-bond acceptors (Lipinski definition) is 2. The van der Waals surface area contributed by atoms with Crippen molar-refractivity contribution >= 4 is 17.3 Å². The van der Waals surface area contributed by atoms with Gasteiger partial charge in [-0.2, -0.15) is 0 Å². The van der Waals surface area contributed by atoms with Gasteiger partial charge in [-0.15, -0.1) is 0 Å². The van der Waals surface area contributed by atoms with E-state index in [0.717, 1.165) is 23.5 Å². The molecule has 0 saturated heterocycles. The maximum Gasteiger partial charge on any atom is 0.137 e. The van der Waals surface area contributed by atoms with E-state index in [4.69, 9.17) is 16.3 Å². The summed E-state index contributed by atoms with van der Waals surface area (Å²) in [6.07, 6.45) is 0. The summed E-state index contributed by atoms with van der Waals surface area (Å²) >= 11 is 5.97. The van der Waals surface area contributed by atoms with Crippen LogP contribution in [0.2, 0.25) is 5.02 Å². The van der Waals surface area contributed by atoms with Crippen LogP contribution in [0.3, 0.4) is 0 Å². The van der Waals surface area contributed by atoms with Crippen molar-refractivity contribution in [3.8, 4) is 5.75 Å². The Morgan fingerprint density at radius 2 is 2.15 bits per heavy atom. The molecule has 3 heteroatoms. The van der Waals surface area contributed by atoms with Crippen molar-refractivity contribution in [3.05, 3.63) is 22.7 Å². The summed E-state index contributed by atoms with van der Waals surface area (Å²) in [5, 5.41) is 3.87. The number of benzene rings is 1. The van der Waals surface area contributed by atoms with Gasteiger partial charge in [0.15, 0.2) is 0 Å².